The zero-order valence-electron chi connectivity index (χ0n) is 11.7. The van der Waals surface area contributed by atoms with Gasteiger partial charge < -0.3 is 0 Å². The Morgan fingerprint density at radius 2 is 1.84 bits per heavy atom. The van der Waals surface area contributed by atoms with Crippen LogP contribution in [-0.4, -0.2) is 5.78 Å². The Kier molecular flexibility index (Phi) is 4.00. The highest BCUT2D eigenvalue weighted by molar-refractivity contribution is 5.81. The molecule has 0 aliphatic heterocycles. The predicted molar refractivity (Wildman–Crippen MR) is 78.3 cm³/mol. The lowest BCUT2D eigenvalue weighted by Gasteiger charge is -2.25. The van der Waals surface area contributed by atoms with Crippen molar-refractivity contribution in [2.45, 2.75) is 63.7 Å². The second kappa shape index (κ2) is 5.90. The Balaban J connectivity index is 1.60. The lowest BCUT2D eigenvalue weighted by Crippen LogP contribution is -2.15. The number of rotatable bonds is 4. The minimum Gasteiger partial charge on any atom is -0.299 e. The first-order valence-electron chi connectivity index (χ1n) is 7.95. The topological polar surface area (TPSA) is 17.1 Å². The molecule has 0 spiro atoms. The van der Waals surface area contributed by atoms with Gasteiger partial charge in [0.1, 0.15) is 5.78 Å². The molecular weight excluding hydrogens is 232 g/mol. The Morgan fingerprint density at radius 3 is 2.68 bits per heavy atom. The maximum Gasteiger partial charge on any atom is 0.135 e. The van der Waals surface area contributed by atoms with Gasteiger partial charge in [-0.05, 0) is 55.6 Å². The molecule has 0 radical (unpaired) electrons. The second-order valence-electron chi connectivity index (χ2n) is 6.27. The fourth-order valence-corrected chi connectivity index (χ4v) is 3.92. The van der Waals surface area contributed by atoms with E-state index in [0.717, 1.165) is 25.7 Å². The van der Waals surface area contributed by atoms with Crippen molar-refractivity contribution in [3.63, 3.8) is 0 Å². The minimum absolute atomic E-state index is 0.402. The maximum atomic E-state index is 12.2. The van der Waals surface area contributed by atoms with E-state index in [1.165, 1.54) is 43.2 Å². The van der Waals surface area contributed by atoms with Crippen molar-refractivity contribution < 1.29 is 4.79 Å². The van der Waals surface area contributed by atoms with E-state index in [1.807, 2.05) is 0 Å². The van der Waals surface area contributed by atoms with E-state index in [-0.39, 0.29) is 0 Å². The number of fused-ring (bicyclic) bond motifs is 1. The van der Waals surface area contributed by atoms with Gasteiger partial charge in [-0.25, -0.2) is 0 Å². The molecular formula is C18H24O. The molecule has 0 N–H and O–H groups in total. The third kappa shape index (κ3) is 2.91. The molecule has 1 saturated carbocycles. The number of hydrogen-bond donors (Lipinski definition) is 0. The van der Waals surface area contributed by atoms with Crippen LogP contribution in [0.1, 0.15) is 68.4 Å². The molecule has 1 fully saturated rings. The third-order valence-corrected chi connectivity index (χ3v) is 5.04. The smallest absolute Gasteiger partial charge is 0.135 e. The van der Waals surface area contributed by atoms with Gasteiger partial charge in [0, 0.05) is 12.3 Å². The van der Waals surface area contributed by atoms with Crippen LogP contribution in [0.3, 0.4) is 0 Å². The molecule has 3 rings (SSSR count). The molecule has 0 heterocycles. The fourth-order valence-electron chi connectivity index (χ4n) is 3.92. The van der Waals surface area contributed by atoms with Gasteiger partial charge in [0.15, 0.2) is 0 Å². The number of carbonyl (C=O) groups is 1. The Bertz CT molecular complexity index is 443. The largest absolute Gasteiger partial charge is 0.299 e. The molecule has 2 aliphatic rings. The van der Waals surface area contributed by atoms with Gasteiger partial charge in [-0.3, -0.25) is 4.79 Å². The van der Waals surface area contributed by atoms with E-state index >= 15 is 0 Å². The summed E-state index contributed by atoms with van der Waals surface area (Å²) in [5.41, 5.74) is 3.04. The number of ketones is 1. The van der Waals surface area contributed by atoms with E-state index < -0.39 is 0 Å². The molecule has 0 amide bonds. The summed E-state index contributed by atoms with van der Waals surface area (Å²) in [5.74, 6) is 1.58. The minimum atomic E-state index is 0.402. The standard InChI is InChI=1S/C18H24O/c19-18(16-7-1-2-8-16)13-12-15-10-5-9-14-6-3-4-11-17(14)15/h3-4,6,11,15-16H,1-2,5,7-10,12-13H2. The van der Waals surface area contributed by atoms with Gasteiger partial charge in [0.25, 0.3) is 0 Å². The number of hydrogen-bond acceptors (Lipinski definition) is 1. The van der Waals surface area contributed by atoms with Gasteiger partial charge in [-0.15, -0.1) is 0 Å². The Hall–Kier alpha value is -1.11. The highest BCUT2D eigenvalue weighted by Gasteiger charge is 2.25. The highest BCUT2D eigenvalue weighted by atomic mass is 16.1. The predicted octanol–water partition coefficient (Wildman–Crippen LogP) is 4.65. The normalized spacial score (nSPS) is 23.3. The molecule has 1 nitrogen and oxygen atoms in total. The molecule has 1 aromatic rings. The van der Waals surface area contributed by atoms with Gasteiger partial charge in [0.05, 0.1) is 0 Å². The number of aryl methyl sites for hydroxylation is 1. The first-order chi connectivity index (χ1) is 9.34. The average molecular weight is 256 g/mol. The average Bonchev–Trinajstić information content (AvgIpc) is 2.99. The summed E-state index contributed by atoms with van der Waals surface area (Å²) in [4.78, 5) is 12.2. The first-order valence-corrected chi connectivity index (χ1v) is 7.95. The summed E-state index contributed by atoms with van der Waals surface area (Å²) in [7, 11) is 0. The Morgan fingerprint density at radius 1 is 1.05 bits per heavy atom. The summed E-state index contributed by atoms with van der Waals surface area (Å²) in [6.07, 6.45) is 10.5. The van der Waals surface area contributed by atoms with Crippen LogP contribution in [0.5, 0.6) is 0 Å². The quantitative estimate of drug-likeness (QED) is 0.766. The number of Topliss-reactive ketones (excluding diaryl/α,β-unsaturated/α-hetero) is 1. The van der Waals surface area contributed by atoms with E-state index in [2.05, 4.69) is 24.3 Å². The van der Waals surface area contributed by atoms with Crippen LogP contribution in [0.25, 0.3) is 0 Å². The SMILES string of the molecule is O=C(CCC1CCCc2ccccc21)C1CCCC1. The molecule has 1 heteroatoms. The lowest BCUT2D eigenvalue weighted by atomic mass is 9.79. The van der Waals surface area contributed by atoms with E-state index in [9.17, 15) is 4.79 Å². The maximum absolute atomic E-state index is 12.2. The molecule has 0 saturated heterocycles. The van der Waals surface area contributed by atoms with Crippen molar-refractivity contribution in [1.82, 2.24) is 0 Å². The fraction of sp³-hybridized carbons (Fsp3) is 0.611. The van der Waals surface area contributed by atoms with E-state index in [1.54, 1.807) is 0 Å². The van der Waals surface area contributed by atoms with Crippen LogP contribution in [0.15, 0.2) is 24.3 Å². The second-order valence-corrected chi connectivity index (χ2v) is 6.27. The monoisotopic (exact) mass is 256 g/mol. The van der Waals surface area contributed by atoms with Crippen molar-refractivity contribution in [3.05, 3.63) is 35.4 Å². The molecule has 19 heavy (non-hydrogen) atoms. The van der Waals surface area contributed by atoms with Crippen LogP contribution >= 0.6 is 0 Å². The summed E-state index contributed by atoms with van der Waals surface area (Å²) < 4.78 is 0. The molecule has 0 aromatic heterocycles. The van der Waals surface area contributed by atoms with Crippen molar-refractivity contribution >= 4 is 5.78 Å². The van der Waals surface area contributed by atoms with Crippen molar-refractivity contribution in [3.8, 4) is 0 Å². The molecule has 102 valence electrons. The number of benzene rings is 1. The van der Waals surface area contributed by atoms with Crippen LogP contribution in [0.4, 0.5) is 0 Å². The van der Waals surface area contributed by atoms with Crippen molar-refractivity contribution in [2.75, 3.05) is 0 Å². The van der Waals surface area contributed by atoms with Crippen molar-refractivity contribution in [2.24, 2.45) is 5.92 Å². The van der Waals surface area contributed by atoms with Gasteiger partial charge in [-0.1, -0.05) is 37.1 Å². The molecule has 1 unspecified atom stereocenters. The molecule has 2 aliphatic carbocycles. The third-order valence-electron chi connectivity index (χ3n) is 5.04. The van der Waals surface area contributed by atoms with Gasteiger partial charge >= 0.3 is 0 Å². The van der Waals surface area contributed by atoms with E-state index in [4.69, 9.17) is 0 Å². The molecule has 1 atom stereocenters. The van der Waals surface area contributed by atoms with Crippen LogP contribution in [-0.2, 0) is 11.2 Å². The lowest BCUT2D eigenvalue weighted by molar-refractivity contribution is -0.122. The summed E-state index contributed by atoms with van der Waals surface area (Å²) in [6.45, 7) is 0. The Labute approximate surface area is 116 Å². The van der Waals surface area contributed by atoms with Crippen LogP contribution in [0.2, 0.25) is 0 Å². The summed E-state index contributed by atoms with van der Waals surface area (Å²) >= 11 is 0. The van der Waals surface area contributed by atoms with E-state index in [0.29, 0.717) is 17.6 Å². The van der Waals surface area contributed by atoms with Gasteiger partial charge in [-0.2, -0.15) is 0 Å². The zero-order valence-corrected chi connectivity index (χ0v) is 11.7. The molecule has 0 bridgehead atoms. The first kappa shape index (κ1) is 12.9. The van der Waals surface area contributed by atoms with Crippen LogP contribution in [0, 0.1) is 5.92 Å². The summed E-state index contributed by atoms with van der Waals surface area (Å²) in [6, 6.07) is 8.83. The number of carbonyl (C=O) groups excluding carboxylic acids is 1. The van der Waals surface area contributed by atoms with Crippen LogP contribution < -0.4 is 0 Å². The summed E-state index contributed by atoms with van der Waals surface area (Å²) in [5, 5.41) is 0. The van der Waals surface area contributed by atoms with Crippen molar-refractivity contribution in [1.29, 1.82) is 0 Å². The zero-order chi connectivity index (χ0) is 13.1. The molecule has 1 aromatic carbocycles. The highest BCUT2D eigenvalue weighted by Crippen LogP contribution is 2.35. The van der Waals surface area contributed by atoms with Gasteiger partial charge in [0.2, 0.25) is 0 Å².